The van der Waals surface area contributed by atoms with Crippen LogP contribution in [0.15, 0.2) is 0 Å². The molecule has 0 aromatic carbocycles. The normalized spacial score (nSPS) is 25.4. The molecule has 0 aliphatic heterocycles. The molecule has 0 atom stereocenters. The van der Waals surface area contributed by atoms with E-state index < -0.39 is 15.6 Å². The van der Waals surface area contributed by atoms with E-state index in [9.17, 15) is 13.5 Å². The fourth-order valence-corrected chi connectivity index (χ4v) is 4.74. The lowest BCUT2D eigenvalue weighted by atomic mass is 9.85. The van der Waals surface area contributed by atoms with Crippen LogP contribution in [-0.2, 0) is 10.0 Å². The molecule has 2 aliphatic carbocycles. The maximum atomic E-state index is 11.9. The predicted octanol–water partition coefficient (Wildman–Crippen LogP) is 1.79. The maximum Gasteiger partial charge on any atom is 0.211 e. The molecule has 0 heterocycles. The van der Waals surface area contributed by atoms with E-state index in [1.165, 1.54) is 0 Å². The van der Waals surface area contributed by atoms with Crippen LogP contribution in [-0.4, -0.2) is 31.4 Å². The number of nitrogens with one attached hydrogen (secondary N) is 1. The lowest BCUT2D eigenvalue weighted by molar-refractivity contribution is 0.00944. The number of sulfonamides is 1. The highest BCUT2D eigenvalue weighted by atomic mass is 32.2. The molecule has 0 saturated heterocycles. The number of hydrogen-bond donors (Lipinski definition) is 2. The molecule has 0 amide bonds. The lowest BCUT2D eigenvalue weighted by Gasteiger charge is -2.32. The average Bonchev–Trinajstić information content (AvgIpc) is 2.80. The first-order valence-electron chi connectivity index (χ1n) is 7.19. The summed E-state index contributed by atoms with van der Waals surface area (Å²) in [4.78, 5) is 0. The largest absolute Gasteiger partial charge is 0.389 e. The lowest BCUT2D eigenvalue weighted by Crippen LogP contribution is -2.45. The zero-order valence-electron chi connectivity index (χ0n) is 11.0. The summed E-state index contributed by atoms with van der Waals surface area (Å²) in [6.45, 7) is 0.196. The van der Waals surface area contributed by atoms with Gasteiger partial charge in [0.25, 0.3) is 0 Å². The third kappa shape index (κ3) is 4.21. The molecule has 0 bridgehead atoms. The molecule has 0 aromatic heterocycles. The molecule has 2 N–H and O–H groups in total. The monoisotopic (exact) mass is 275 g/mol. The molecule has 2 rings (SSSR count). The second kappa shape index (κ2) is 5.88. The maximum absolute atomic E-state index is 11.9. The minimum Gasteiger partial charge on any atom is -0.389 e. The van der Waals surface area contributed by atoms with Crippen LogP contribution < -0.4 is 4.72 Å². The SMILES string of the molecule is O=S(=O)(CC1CCCC1)NCC1(O)CCCCC1. The first kappa shape index (κ1) is 14.3. The molecular formula is C13H25NO3S. The third-order valence-electron chi connectivity index (χ3n) is 4.34. The standard InChI is InChI=1S/C13H25NO3S/c15-13(8-4-1-5-9-13)11-14-18(16,17)10-12-6-2-3-7-12/h12,14-15H,1-11H2. The van der Waals surface area contributed by atoms with Crippen LogP contribution in [0.2, 0.25) is 0 Å². The van der Waals surface area contributed by atoms with E-state index in [1.54, 1.807) is 0 Å². The van der Waals surface area contributed by atoms with Crippen molar-refractivity contribution in [1.82, 2.24) is 4.72 Å². The van der Waals surface area contributed by atoms with Gasteiger partial charge in [-0.15, -0.1) is 0 Å². The third-order valence-corrected chi connectivity index (χ3v) is 5.83. The Morgan fingerprint density at radius 2 is 1.67 bits per heavy atom. The minimum atomic E-state index is -3.21. The Bertz CT molecular complexity index is 354. The molecule has 18 heavy (non-hydrogen) atoms. The summed E-state index contributed by atoms with van der Waals surface area (Å²) in [5, 5.41) is 10.3. The van der Waals surface area contributed by atoms with Crippen LogP contribution in [0.25, 0.3) is 0 Å². The van der Waals surface area contributed by atoms with Crippen LogP contribution >= 0.6 is 0 Å². The van der Waals surface area contributed by atoms with Gasteiger partial charge in [-0.1, -0.05) is 32.1 Å². The molecular weight excluding hydrogens is 250 g/mol. The van der Waals surface area contributed by atoms with E-state index in [-0.39, 0.29) is 12.3 Å². The Hall–Kier alpha value is -0.130. The van der Waals surface area contributed by atoms with Gasteiger partial charge in [-0.3, -0.25) is 0 Å². The molecule has 0 aromatic rings. The van der Waals surface area contributed by atoms with Crippen molar-refractivity contribution in [3.8, 4) is 0 Å². The van der Waals surface area contributed by atoms with Gasteiger partial charge < -0.3 is 5.11 Å². The smallest absolute Gasteiger partial charge is 0.211 e. The van der Waals surface area contributed by atoms with E-state index in [0.29, 0.717) is 5.92 Å². The number of aliphatic hydroxyl groups is 1. The van der Waals surface area contributed by atoms with E-state index in [0.717, 1.165) is 57.8 Å². The summed E-state index contributed by atoms with van der Waals surface area (Å²) in [7, 11) is -3.21. The number of rotatable bonds is 5. The first-order valence-corrected chi connectivity index (χ1v) is 8.84. The zero-order chi connectivity index (χ0) is 13.1. The van der Waals surface area contributed by atoms with Gasteiger partial charge in [0.05, 0.1) is 11.4 Å². The van der Waals surface area contributed by atoms with Crippen molar-refractivity contribution in [2.75, 3.05) is 12.3 Å². The van der Waals surface area contributed by atoms with Gasteiger partial charge in [0.15, 0.2) is 0 Å². The van der Waals surface area contributed by atoms with Crippen LogP contribution in [0.5, 0.6) is 0 Å². The highest BCUT2D eigenvalue weighted by Gasteiger charge is 2.31. The van der Waals surface area contributed by atoms with Gasteiger partial charge in [-0.2, -0.15) is 0 Å². The quantitative estimate of drug-likeness (QED) is 0.804. The highest BCUT2D eigenvalue weighted by molar-refractivity contribution is 7.89. The van der Waals surface area contributed by atoms with Crippen molar-refractivity contribution in [3.63, 3.8) is 0 Å². The molecule has 106 valence electrons. The van der Waals surface area contributed by atoms with Gasteiger partial charge in [0, 0.05) is 6.54 Å². The minimum absolute atomic E-state index is 0.196. The summed E-state index contributed by atoms with van der Waals surface area (Å²) in [6.07, 6.45) is 8.97. The van der Waals surface area contributed by atoms with Crippen LogP contribution in [0.3, 0.4) is 0 Å². The van der Waals surface area contributed by atoms with Crippen molar-refractivity contribution in [2.45, 2.75) is 63.4 Å². The summed E-state index contributed by atoms with van der Waals surface area (Å²) in [5.74, 6) is 0.562. The molecule has 2 aliphatic rings. The summed E-state index contributed by atoms with van der Waals surface area (Å²) < 4.78 is 26.5. The molecule has 2 fully saturated rings. The molecule has 0 unspecified atom stereocenters. The fourth-order valence-electron chi connectivity index (χ4n) is 3.18. The van der Waals surface area contributed by atoms with Crippen LogP contribution in [0.1, 0.15) is 57.8 Å². The number of hydrogen-bond acceptors (Lipinski definition) is 3. The Morgan fingerprint density at radius 1 is 1.06 bits per heavy atom. The Balaban J connectivity index is 1.80. The van der Waals surface area contributed by atoms with Gasteiger partial charge in [0.2, 0.25) is 10.0 Å². The van der Waals surface area contributed by atoms with Crippen molar-refractivity contribution >= 4 is 10.0 Å². The van der Waals surface area contributed by atoms with Gasteiger partial charge >= 0.3 is 0 Å². The molecule has 5 heteroatoms. The topological polar surface area (TPSA) is 66.4 Å². The predicted molar refractivity (Wildman–Crippen MR) is 71.8 cm³/mol. The van der Waals surface area contributed by atoms with Crippen molar-refractivity contribution < 1.29 is 13.5 Å². The van der Waals surface area contributed by atoms with Gasteiger partial charge in [0.1, 0.15) is 0 Å². The van der Waals surface area contributed by atoms with Crippen molar-refractivity contribution in [3.05, 3.63) is 0 Å². The average molecular weight is 275 g/mol. The molecule has 4 nitrogen and oxygen atoms in total. The second-order valence-corrected chi connectivity index (χ2v) is 7.89. The first-order chi connectivity index (χ1) is 8.49. The summed E-state index contributed by atoms with van der Waals surface area (Å²) in [5.41, 5.74) is -0.805. The molecule has 0 radical (unpaired) electrons. The second-order valence-electron chi connectivity index (χ2n) is 6.04. The van der Waals surface area contributed by atoms with E-state index in [4.69, 9.17) is 0 Å². The zero-order valence-corrected chi connectivity index (χ0v) is 11.8. The van der Waals surface area contributed by atoms with Crippen LogP contribution in [0.4, 0.5) is 0 Å². The Labute approximate surface area is 110 Å². The van der Waals surface area contributed by atoms with Crippen LogP contribution in [0, 0.1) is 5.92 Å². The van der Waals surface area contributed by atoms with Gasteiger partial charge in [-0.25, -0.2) is 13.1 Å². The van der Waals surface area contributed by atoms with E-state index >= 15 is 0 Å². The van der Waals surface area contributed by atoms with E-state index in [2.05, 4.69) is 4.72 Å². The molecule has 2 saturated carbocycles. The summed E-state index contributed by atoms with van der Waals surface area (Å²) in [6, 6.07) is 0. The Morgan fingerprint density at radius 3 is 2.28 bits per heavy atom. The fraction of sp³-hybridized carbons (Fsp3) is 1.00. The molecule has 0 spiro atoms. The van der Waals surface area contributed by atoms with E-state index in [1.807, 2.05) is 0 Å². The van der Waals surface area contributed by atoms with Crippen molar-refractivity contribution in [1.29, 1.82) is 0 Å². The van der Waals surface area contributed by atoms with Gasteiger partial charge in [-0.05, 0) is 31.6 Å². The highest BCUT2D eigenvalue weighted by Crippen LogP contribution is 2.28. The Kier molecular flexibility index (Phi) is 4.67. The van der Waals surface area contributed by atoms with Crippen molar-refractivity contribution in [2.24, 2.45) is 5.92 Å². The summed E-state index contributed by atoms with van der Waals surface area (Å²) >= 11 is 0.